The summed E-state index contributed by atoms with van der Waals surface area (Å²) in [5.74, 6) is -0.149. The van der Waals surface area contributed by atoms with Gasteiger partial charge in [-0.2, -0.15) is 18.3 Å². The minimum Gasteiger partial charge on any atom is -0.507 e. The second-order valence-electron chi connectivity index (χ2n) is 8.35. The van der Waals surface area contributed by atoms with E-state index in [0.717, 1.165) is 25.5 Å². The molecule has 1 aliphatic heterocycles. The van der Waals surface area contributed by atoms with Crippen LogP contribution in [0.25, 0.3) is 22.4 Å². The summed E-state index contributed by atoms with van der Waals surface area (Å²) in [4.78, 5) is 22.8. The lowest BCUT2D eigenvalue weighted by molar-refractivity contribution is -0.137. The van der Waals surface area contributed by atoms with Crippen molar-refractivity contribution in [2.24, 2.45) is 5.92 Å². The summed E-state index contributed by atoms with van der Waals surface area (Å²) >= 11 is 0. The topological polar surface area (TPSA) is 84.1 Å². The largest absolute Gasteiger partial charge is 0.507 e. The normalized spacial score (nSPS) is 19.5. The third-order valence-corrected chi connectivity index (χ3v) is 5.85. The Labute approximate surface area is 175 Å². The Bertz CT molecular complexity index is 1160. The molecule has 1 atom stereocenters. The number of aromatic hydroxyl groups is 1. The molecule has 3 heterocycles. The van der Waals surface area contributed by atoms with Crippen LogP contribution in [0.2, 0.25) is 0 Å². The van der Waals surface area contributed by atoms with Crippen molar-refractivity contribution in [3.8, 4) is 17.0 Å². The van der Waals surface area contributed by atoms with Crippen molar-refractivity contribution in [2.45, 2.75) is 44.9 Å². The van der Waals surface area contributed by atoms with Gasteiger partial charge in [0.05, 0.1) is 23.7 Å². The van der Waals surface area contributed by atoms with E-state index in [2.05, 4.69) is 15.1 Å². The van der Waals surface area contributed by atoms with Crippen LogP contribution in [0.15, 0.2) is 24.5 Å². The molecular weight excluding hydrogens is 411 g/mol. The van der Waals surface area contributed by atoms with Crippen LogP contribution in [0.1, 0.15) is 30.4 Å². The van der Waals surface area contributed by atoms with E-state index in [1.807, 2.05) is 4.90 Å². The van der Waals surface area contributed by atoms with Gasteiger partial charge in [0, 0.05) is 37.0 Å². The summed E-state index contributed by atoms with van der Waals surface area (Å²) in [5, 5.41) is 14.7. The monoisotopic (exact) mass is 431 g/mol. The van der Waals surface area contributed by atoms with Crippen molar-refractivity contribution >= 4 is 17.1 Å². The number of phenolic OH excluding ortho intramolecular Hbond substituents is 1. The first-order chi connectivity index (χ1) is 14.7. The average Bonchev–Trinajstić information content (AvgIpc) is 3.34. The summed E-state index contributed by atoms with van der Waals surface area (Å²) in [6.07, 6.45) is 1.27. The van der Waals surface area contributed by atoms with Gasteiger partial charge in [-0.1, -0.05) is 0 Å². The molecule has 1 N–H and O–H groups in total. The smallest absolute Gasteiger partial charge is 0.416 e. The number of carbonyl (C=O) groups excluding carboxylic acids is 1. The summed E-state index contributed by atoms with van der Waals surface area (Å²) < 4.78 is 40.7. The summed E-state index contributed by atoms with van der Waals surface area (Å²) in [5.41, 5.74) is 0.632. The zero-order valence-corrected chi connectivity index (χ0v) is 16.7. The standard InChI is InChI=1S/C21H20F3N5O2/c1-11-4-13(21(22,23)24)6-17(30)19(11)15-7-25-16-10-28(27-20(16)26-15)8-12-5-18(31)29(9-12)14-2-3-14/h4,6-7,10,12,14,30H,2-3,5,8-9H2,1H3. The minimum atomic E-state index is -4.55. The lowest BCUT2D eigenvalue weighted by Crippen LogP contribution is -2.27. The Hall–Kier alpha value is -3.17. The van der Waals surface area contributed by atoms with Crippen LogP contribution in [-0.4, -0.2) is 48.2 Å². The maximum atomic E-state index is 13.0. The fourth-order valence-corrected chi connectivity index (χ4v) is 4.26. The van der Waals surface area contributed by atoms with E-state index in [1.165, 1.54) is 13.1 Å². The highest BCUT2D eigenvalue weighted by Crippen LogP contribution is 2.38. The molecule has 1 unspecified atom stereocenters. The number of rotatable bonds is 4. The van der Waals surface area contributed by atoms with Gasteiger partial charge < -0.3 is 10.0 Å². The van der Waals surface area contributed by atoms with Gasteiger partial charge in [-0.3, -0.25) is 9.48 Å². The van der Waals surface area contributed by atoms with Crippen molar-refractivity contribution in [3.63, 3.8) is 0 Å². The molecule has 7 nitrogen and oxygen atoms in total. The maximum absolute atomic E-state index is 13.0. The Morgan fingerprint density at radius 2 is 2.03 bits per heavy atom. The molecule has 10 heteroatoms. The number of likely N-dealkylation sites (tertiary alicyclic amines) is 1. The van der Waals surface area contributed by atoms with E-state index in [0.29, 0.717) is 36.2 Å². The molecule has 0 bridgehead atoms. The predicted octanol–water partition coefficient (Wildman–Crippen LogP) is 3.54. The SMILES string of the molecule is Cc1cc(C(F)(F)F)cc(O)c1-c1cnc2cn(CC3CC(=O)N(C4CC4)C3)nc2n1. The number of hydrogen-bond acceptors (Lipinski definition) is 5. The predicted molar refractivity (Wildman–Crippen MR) is 105 cm³/mol. The molecule has 1 aliphatic carbocycles. The Kier molecular flexibility index (Phi) is 4.42. The Morgan fingerprint density at radius 1 is 1.26 bits per heavy atom. The molecule has 162 valence electrons. The molecule has 2 fully saturated rings. The molecule has 3 aromatic rings. The van der Waals surface area contributed by atoms with E-state index in [-0.39, 0.29) is 28.6 Å². The van der Waals surface area contributed by atoms with E-state index in [4.69, 9.17) is 0 Å². The fraction of sp³-hybridized carbons (Fsp3) is 0.429. The van der Waals surface area contributed by atoms with Gasteiger partial charge in [-0.15, -0.1) is 0 Å². The third kappa shape index (κ3) is 3.70. The van der Waals surface area contributed by atoms with Gasteiger partial charge in [0.15, 0.2) is 5.65 Å². The first-order valence-corrected chi connectivity index (χ1v) is 10.1. The van der Waals surface area contributed by atoms with Gasteiger partial charge in [0.1, 0.15) is 11.3 Å². The molecule has 1 amide bonds. The van der Waals surface area contributed by atoms with Crippen LogP contribution in [-0.2, 0) is 17.5 Å². The molecule has 5 rings (SSSR count). The lowest BCUT2D eigenvalue weighted by atomic mass is 10.0. The number of fused-ring (bicyclic) bond motifs is 1. The number of hydrogen-bond donors (Lipinski definition) is 1. The number of phenols is 1. The van der Waals surface area contributed by atoms with E-state index >= 15 is 0 Å². The van der Waals surface area contributed by atoms with Crippen LogP contribution in [0.5, 0.6) is 5.75 Å². The van der Waals surface area contributed by atoms with Crippen molar-refractivity contribution in [2.75, 3.05) is 6.54 Å². The van der Waals surface area contributed by atoms with Gasteiger partial charge in [-0.05, 0) is 37.5 Å². The number of carbonyl (C=O) groups is 1. The van der Waals surface area contributed by atoms with Crippen LogP contribution >= 0.6 is 0 Å². The molecule has 1 aromatic carbocycles. The first kappa shape index (κ1) is 19.8. The number of benzene rings is 1. The molecule has 1 saturated heterocycles. The zero-order chi connectivity index (χ0) is 21.9. The van der Waals surface area contributed by atoms with E-state index in [1.54, 1.807) is 10.9 Å². The van der Waals surface area contributed by atoms with Crippen LogP contribution in [0, 0.1) is 12.8 Å². The number of amides is 1. The van der Waals surface area contributed by atoms with Crippen LogP contribution < -0.4 is 0 Å². The highest BCUT2D eigenvalue weighted by atomic mass is 19.4. The number of aromatic nitrogens is 4. The van der Waals surface area contributed by atoms with E-state index in [9.17, 15) is 23.1 Å². The molecule has 1 saturated carbocycles. The second kappa shape index (κ2) is 6.93. The molecule has 31 heavy (non-hydrogen) atoms. The Morgan fingerprint density at radius 3 is 2.71 bits per heavy atom. The average molecular weight is 431 g/mol. The van der Waals surface area contributed by atoms with Crippen molar-refractivity contribution in [1.29, 1.82) is 0 Å². The van der Waals surface area contributed by atoms with Gasteiger partial charge >= 0.3 is 6.18 Å². The second-order valence-corrected chi connectivity index (χ2v) is 8.35. The number of nitrogens with zero attached hydrogens (tertiary/aromatic N) is 5. The van der Waals surface area contributed by atoms with Gasteiger partial charge in [-0.25, -0.2) is 9.97 Å². The zero-order valence-electron chi connectivity index (χ0n) is 16.7. The summed E-state index contributed by atoms with van der Waals surface area (Å²) in [6, 6.07) is 2.07. The van der Waals surface area contributed by atoms with Crippen LogP contribution in [0.4, 0.5) is 13.2 Å². The van der Waals surface area contributed by atoms with E-state index < -0.39 is 17.5 Å². The quantitative estimate of drug-likeness (QED) is 0.683. The van der Waals surface area contributed by atoms with Crippen molar-refractivity contribution in [1.82, 2.24) is 24.6 Å². The number of aryl methyl sites for hydroxylation is 1. The van der Waals surface area contributed by atoms with Gasteiger partial charge in [0.25, 0.3) is 0 Å². The number of halogens is 3. The molecular formula is C21H20F3N5O2. The van der Waals surface area contributed by atoms with Crippen molar-refractivity contribution in [3.05, 3.63) is 35.7 Å². The highest BCUT2D eigenvalue weighted by molar-refractivity contribution is 5.79. The highest BCUT2D eigenvalue weighted by Gasteiger charge is 2.39. The first-order valence-electron chi connectivity index (χ1n) is 10.1. The summed E-state index contributed by atoms with van der Waals surface area (Å²) in [7, 11) is 0. The molecule has 0 spiro atoms. The number of alkyl halides is 3. The third-order valence-electron chi connectivity index (χ3n) is 5.85. The molecule has 2 aliphatic rings. The Balaban J connectivity index is 1.41. The minimum absolute atomic E-state index is 0.170. The van der Waals surface area contributed by atoms with Crippen LogP contribution in [0.3, 0.4) is 0 Å². The summed E-state index contributed by atoms with van der Waals surface area (Å²) in [6.45, 7) is 2.77. The lowest BCUT2D eigenvalue weighted by Gasteiger charge is -2.15. The molecule has 2 aromatic heterocycles. The van der Waals surface area contributed by atoms with Gasteiger partial charge in [0.2, 0.25) is 5.91 Å². The van der Waals surface area contributed by atoms with Crippen molar-refractivity contribution < 1.29 is 23.1 Å². The maximum Gasteiger partial charge on any atom is 0.416 e. The molecule has 0 radical (unpaired) electrons. The fourth-order valence-electron chi connectivity index (χ4n) is 4.26.